The molecule has 0 bridgehead atoms. The molecule has 0 aromatic heterocycles. The number of carbonyl (C=O) groups is 2. The number of hydrogen-bond donors (Lipinski definition) is 1. The lowest BCUT2D eigenvalue weighted by Crippen LogP contribution is -2.38. The molecule has 1 N–H and O–H groups in total. The predicted molar refractivity (Wildman–Crippen MR) is 40.2 cm³/mol. The molecule has 0 aliphatic carbocycles. The summed E-state index contributed by atoms with van der Waals surface area (Å²) >= 11 is 0. The Labute approximate surface area is 69.8 Å². The third-order valence-corrected chi connectivity index (χ3v) is 1.35. The number of nitrogens with zero attached hydrogens (tertiary/aromatic N) is 1. The van der Waals surface area contributed by atoms with Crippen LogP contribution in [0.1, 0.15) is 6.42 Å². The van der Waals surface area contributed by atoms with Crippen LogP contribution in [0.2, 0.25) is 0 Å². The Morgan fingerprint density at radius 3 is 2.92 bits per heavy atom. The number of ether oxygens (including phenoxy) is 1. The molecule has 1 rings (SSSR count). The minimum Gasteiger partial charge on any atom is -0.384 e. The summed E-state index contributed by atoms with van der Waals surface area (Å²) in [5, 5.41) is 5.57. The van der Waals surface area contributed by atoms with Crippen molar-refractivity contribution in [1.82, 2.24) is 10.6 Å². The molecular weight excluding hydrogens is 160 g/mol. The van der Waals surface area contributed by atoms with Crippen LogP contribution in [0.4, 0.5) is 4.79 Å². The fourth-order valence-electron chi connectivity index (χ4n) is 0.829. The lowest BCUT2D eigenvalue weighted by molar-refractivity contribution is -0.116. The molecule has 3 amide bonds. The van der Waals surface area contributed by atoms with Gasteiger partial charge >= 0.3 is 6.03 Å². The first-order chi connectivity index (χ1) is 5.72. The smallest absolute Gasteiger partial charge is 0.348 e. The highest BCUT2D eigenvalue weighted by atomic mass is 16.5. The van der Waals surface area contributed by atoms with Gasteiger partial charge in [0, 0.05) is 25.3 Å². The van der Waals surface area contributed by atoms with Crippen molar-refractivity contribution in [3.05, 3.63) is 11.8 Å². The van der Waals surface area contributed by atoms with Gasteiger partial charge in [-0.1, -0.05) is 0 Å². The minimum atomic E-state index is -0.603. The van der Waals surface area contributed by atoms with E-state index in [2.05, 4.69) is 10.6 Å². The standard InChI is InChI=1S/C7H9N2O3/c1-12-3-2-5-4-6(10)9-7(11)8-5/h4H,2-3H2,1H3,(H,8,11). The molecule has 65 valence electrons. The second kappa shape index (κ2) is 3.87. The summed E-state index contributed by atoms with van der Waals surface area (Å²) in [5.41, 5.74) is 0.557. The zero-order valence-electron chi connectivity index (χ0n) is 6.66. The topological polar surface area (TPSA) is 69.5 Å². The summed E-state index contributed by atoms with van der Waals surface area (Å²) in [5.74, 6) is -0.509. The predicted octanol–water partition coefficient (Wildman–Crippen LogP) is -0.239. The summed E-state index contributed by atoms with van der Waals surface area (Å²) in [7, 11) is 1.55. The van der Waals surface area contributed by atoms with E-state index >= 15 is 0 Å². The van der Waals surface area contributed by atoms with Crippen molar-refractivity contribution in [1.29, 1.82) is 0 Å². The fourth-order valence-corrected chi connectivity index (χ4v) is 0.829. The molecule has 0 atom stereocenters. The summed E-state index contributed by atoms with van der Waals surface area (Å²) in [6.07, 6.45) is 1.81. The maximum atomic E-state index is 10.7. The van der Waals surface area contributed by atoms with Crippen LogP contribution in [-0.4, -0.2) is 25.7 Å². The molecule has 1 heterocycles. The molecule has 1 aliphatic heterocycles. The van der Waals surface area contributed by atoms with Gasteiger partial charge in [0.15, 0.2) is 0 Å². The Balaban J connectivity index is 2.52. The highest BCUT2D eigenvalue weighted by Gasteiger charge is 2.16. The van der Waals surface area contributed by atoms with E-state index in [4.69, 9.17) is 4.74 Å². The molecule has 1 aliphatic rings. The monoisotopic (exact) mass is 169 g/mol. The zero-order chi connectivity index (χ0) is 8.97. The molecule has 5 nitrogen and oxygen atoms in total. The van der Waals surface area contributed by atoms with E-state index in [1.807, 2.05) is 0 Å². The van der Waals surface area contributed by atoms with Crippen LogP contribution in [0.25, 0.3) is 0 Å². The van der Waals surface area contributed by atoms with Crippen molar-refractivity contribution < 1.29 is 14.3 Å². The van der Waals surface area contributed by atoms with Crippen molar-refractivity contribution in [2.75, 3.05) is 13.7 Å². The van der Waals surface area contributed by atoms with Crippen LogP contribution in [0.5, 0.6) is 0 Å². The quantitative estimate of drug-likeness (QED) is 0.634. The molecule has 0 spiro atoms. The van der Waals surface area contributed by atoms with E-state index in [0.717, 1.165) is 0 Å². The van der Waals surface area contributed by atoms with Gasteiger partial charge in [-0.3, -0.25) is 4.79 Å². The van der Waals surface area contributed by atoms with E-state index in [0.29, 0.717) is 18.7 Å². The Bertz CT molecular complexity index is 235. The highest BCUT2D eigenvalue weighted by Crippen LogP contribution is 2.01. The number of methoxy groups -OCH3 is 1. The molecule has 0 saturated heterocycles. The largest absolute Gasteiger partial charge is 0.384 e. The van der Waals surface area contributed by atoms with Gasteiger partial charge in [-0.25, -0.2) is 4.79 Å². The van der Waals surface area contributed by atoms with Crippen LogP contribution in [0, 0.1) is 0 Å². The number of urea groups is 1. The number of carbonyl (C=O) groups excluding carboxylic acids is 2. The second-order valence-corrected chi connectivity index (χ2v) is 2.29. The molecule has 1 radical (unpaired) electrons. The lowest BCUT2D eigenvalue weighted by atomic mass is 10.2. The van der Waals surface area contributed by atoms with Gasteiger partial charge in [-0.2, -0.15) is 5.32 Å². The fraction of sp³-hybridized carbons (Fsp3) is 0.429. The molecule has 0 aromatic carbocycles. The number of imide groups is 1. The zero-order valence-corrected chi connectivity index (χ0v) is 6.66. The lowest BCUT2D eigenvalue weighted by Gasteiger charge is -2.11. The van der Waals surface area contributed by atoms with E-state index in [1.165, 1.54) is 6.08 Å². The number of hydrogen-bond acceptors (Lipinski definition) is 3. The van der Waals surface area contributed by atoms with Crippen molar-refractivity contribution in [3.8, 4) is 0 Å². The first-order valence-electron chi connectivity index (χ1n) is 3.48. The van der Waals surface area contributed by atoms with Gasteiger partial charge in [-0.05, 0) is 0 Å². The first kappa shape index (κ1) is 8.73. The van der Waals surface area contributed by atoms with E-state index < -0.39 is 11.9 Å². The summed E-state index contributed by atoms with van der Waals surface area (Å²) in [4.78, 5) is 21.4. The molecule has 0 saturated carbocycles. The maximum Gasteiger partial charge on any atom is 0.348 e. The second-order valence-electron chi connectivity index (χ2n) is 2.29. The van der Waals surface area contributed by atoms with Gasteiger partial charge in [-0.15, -0.1) is 0 Å². The van der Waals surface area contributed by atoms with Crippen molar-refractivity contribution in [2.45, 2.75) is 6.42 Å². The average molecular weight is 169 g/mol. The Kier molecular flexibility index (Phi) is 2.82. The molecule has 12 heavy (non-hydrogen) atoms. The molecule has 5 heteroatoms. The summed E-state index contributed by atoms with van der Waals surface area (Å²) in [6.45, 7) is 0.472. The molecule has 0 unspecified atom stereocenters. The van der Waals surface area contributed by atoms with E-state index in [9.17, 15) is 9.59 Å². The van der Waals surface area contributed by atoms with Crippen molar-refractivity contribution in [2.24, 2.45) is 0 Å². The van der Waals surface area contributed by atoms with Gasteiger partial charge in [0.05, 0.1) is 6.61 Å². The number of nitrogens with one attached hydrogen (secondary N) is 1. The molecule has 0 aromatic rings. The first-order valence-corrected chi connectivity index (χ1v) is 3.48. The maximum absolute atomic E-state index is 10.7. The van der Waals surface area contributed by atoms with E-state index in [1.54, 1.807) is 7.11 Å². The third-order valence-electron chi connectivity index (χ3n) is 1.35. The SMILES string of the molecule is COCCC1=CC(=O)[N]C(=O)N1. The van der Waals surface area contributed by atoms with Crippen LogP contribution >= 0.6 is 0 Å². The molecular formula is C7H9N2O3. The average Bonchev–Trinajstić information content (AvgIpc) is 1.99. The number of rotatable bonds is 3. The summed E-state index contributed by atoms with van der Waals surface area (Å²) in [6, 6.07) is -0.603. The normalized spacial score (nSPS) is 16.6. The third kappa shape index (κ3) is 2.35. The summed E-state index contributed by atoms with van der Waals surface area (Å²) < 4.78 is 4.78. The van der Waals surface area contributed by atoms with Crippen LogP contribution in [0.3, 0.4) is 0 Å². The van der Waals surface area contributed by atoms with Crippen LogP contribution in [0.15, 0.2) is 11.8 Å². The Morgan fingerprint density at radius 1 is 1.58 bits per heavy atom. The van der Waals surface area contributed by atoms with E-state index in [-0.39, 0.29) is 0 Å². The van der Waals surface area contributed by atoms with Crippen molar-refractivity contribution >= 4 is 11.9 Å². The van der Waals surface area contributed by atoms with Crippen LogP contribution < -0.4 is 10.6 Å². The molecule has 0 fully saturated rings. The van der Waals surface area contributed by atoms with Crippen molar-refractivity contribution in [3.63, 3.8) is 0 Å². The minimum absolute atomic E-state index is 0.472. The highest BCUT2D eigenvalue weighted by molar-refractivity contribution is 6.03. The Morgan fingerprint density at radius 2 is 2.33 bits per heavy atom. The number of amides is 3. The van der Waals surface area contributed by atoms with Crippen LogP contribution in [-0.2, 0) is 9.53 Å². The van der Waals surface area contributed by atoms with Gasteiger partial charge in [0.25, 0.3) is 5.91 Å². The Hall–Kier alpha value is -1.36. The van der Waals surface area contributed by atoms with Gasteiger partial charge in [0.2, 0.25) is 0 Å². The van der Waals surface area contributed by atoms with Gasteiger partial charge in [0.1, 0.15) is 0 Å². The van der Waals surface area contributed by atoms with Gasteiger partial charge < -0.3 is 10.1 Å².